The van der Waals surface area contributed by atoms with Crippen molar-refractivity contribution in [1.29, 1.82) is 0 Å². The van der Waals surface area contributed by atoms with Crippen molar-refractivity contribution in [3.8, 4) is 0 Å². The van der Waals surface area contributed by atoms with Gasteiger partial charge in [0.15, 0.2) is 11.5 Å². The Bertz CT molecular complexity index is 538. The predicted octanol–water partition coefficient (Wildman–Crippen LogP) is 1.90. The highest BCUT2D eigenvalue weighted by atomic mass is 35.5. The van der Waals surface area contributed by atoms with Gasteiger partial charge in [0, 0.05) is 6.42 Å². The number of rotatable bonds is 1. The summed E-state index contributed by atoms with van der Waals surface area (Å²) in [4.78, 5) is 0. The number of hydrogen-bond donors (Lipinski definition) is 0. The first-order chi connectivity index (χ1) is 7.08. The molecule has 0 amide bonds. The molecule has 1 unspecified atom stereocenters. The molecule has 2 aromatic heterocycles. The van der Waals surface area contributed by atoms with E-state index in [9.17, 15) is 8.78 Å². The van der Waals surface area contributed by atoms with E-state index < -0.39 is 11.8 Å². The van der Waals surface area contributed by atoms with Gasteiger partial charge in [0.2, 0.25) is 0 Å². The molecule has 0 aliphatic heterocycles. The smallest absolute Gasteiger partial charge is 0.206 e. The van der Waals surface area contributed by atoms with Gasteiger partial charge in [-0.2, -0.15) is 9.61 Å². The summed E-state index contributed by atoms with van der Waals surface area (Å²) in [5, 5.41) is 11.6. The fourth-order valence-corrected chi connectivity index (χ4v) is 1.63. The number of hydrogen-bond acceptors (Lipinski definition) is 3. The van der Waals surface area contributed by atoms with Crippen LogP contribution < -0.4 is 0 Å². The van der Waals surface area contributed by atoms with Gasteiger partial charge in [0.1, 0.15) is 5.15 Å². The van der Waals surface area contributed by atoms with Crippen LogP contribution in [0.25, 0.3) is 5.65 Å². The zero-order valence-electron chi connectivity index (χ0n) is 7.36. The van der Waals surface area contributed by atoms with Gasteiger partial charge in [-0.3, -0.25) is 0 Å². The van der Waals surface area contributed by atoms with Crippen LogP contribution in [-0.4, -0.2) is 25.7 Å². The molecule has 0 spiro atoms. The van der Waals surface area contributed by atoms with Crippen LogP contribution in [0.15, 0.2) is 12.1 Å². The van der Waals surface area contributed by atoms with E-state index in [0.717, 1.165) is 0 Å². The molecule has 0 saturated heterocycles. The maximum atomic E-state index is 12.8. The average molecular weight is 231 g/mol. The van der Waals surface area contributed by atoms with Crippen LogP contribution in [0.5, 0.6) is 0 Å². The molecule has 7 heteroatoms. The molecule has 1 aliphatic rings. The van der Waals surface area contributed by atoms with Crippen LogP contribution in [0, 0.1) is 0 Å². The van der Waals surface area contributed by atoms with Crippen molar-refractivity contribution in [3.63, 3.8) is 0 Å². The lowest BCUT2D eigenvalue weighted by molar-refractivity contribution is 0.110. The SMILES string of the molecule is FC1(F)CC1c1nnc2ccc(Cl)nn12. The molecule has 2 heterocycles. The molecule has 78 valence electrons. The van der Waals surface area contributed by atoms with Crippen molar-refractivity contribution in [1.82, 2.24) is 19.8 Å². The Morgan fingerprint density at radius 1 is 1.40 bits per heavy atom. The minimum Gasteiger partial charge on any atom is -0.206 e. The standard InChI is InChI=1S/C8H5ClF2N4/c9-5-1-2-6-12-13-7(15(6)14-5)4-3-8(4,10)11/h1-2,4H,3H2. The van der Waals surface area contributed by atoms with Gasteiger partial charge < -0.3 is 0 Å². The van der Waals surface area contributed by atoms with Crippen LogP contribution in [0.1, 0.15) is 18.2 Å². The maximum Gasteiger partial charge on any atom is 0.259 e. The van der Waals surface area contributed by atoms with Crippen LogP contribution in [0.3, 0.4) is 0 Å². The fourth-order valence-electron chi connectivity index (χ4n) is 1.49. The highest BCUT2D eigenvalue weighted by Gasteiger charge is 2.60. The topological polar surface area (TPSA) is 43.1 Å². The summed E-state index contributed by atoms with van der Waals surface area (Å²) >= 11 is 5.67. The maximum absolute atomic E-state index is 12.8. The average Bonchev–Trinajstić information content (AvgIpc) is 2.64. The van der Waals surface area contributed by atoms with Crippen LogP contribution in [0.2, 0.25) is 5.15 Å². The summed E-state index contributed by atoms with van der Waals surface area (Å²) in [6.45, 7) is 0. The third-order valence-electron chi connectivity index (χ3n) is 2.39. The van der Waals surface area contributed by atoms with Gasteiger partial charge >= 0.3 is 0 Å². The molecular formula is C8H5ClF2N4. The summed E-state index contributed by atoms with van der Waals surface area (Å²) in [6.07, 6.45) is -0.192. The number of halogens is 3. The minimum atomic E-state index is -2.67. The lowest BCUT2D eigenvalue weighted by Gasteiger charge is -1.97. The van der Waals surface area contributed by atoms with Gasteiger partial charge in [0.25, 0.3) is 5.92 Å². The molecule has 1 fully saturated rings. The number of nitrogens with zero attached hydrogens (tertiary/aromatic N) is 4. The first-order valence-electron chi connectivity index (χ1n) is 4.33. The molecule has 4 nitrogen and oxygen atoms in total. The number of aromatic nitrogens is 4. The van der Waals surface area contributed by atoms with E-state index in [1.165, 1.54) is 4.52 Å². The molecule has 1 saturated carbocycles. The van der Waals surface area contributed by atoms with E-state index in [2.05, 4.69) is 15.3 Å². The summed E-state index contributed by atoms with van der Waals surface area (Å²) in [5.41, 5.74) is 0.428. The van der Waals surface area contributed by atoms with E-state index in [4.69, 9.17) is 11.6 Å². The monoisotopic (exact) mass is 230 g/mol. The molecule has 1 aliphatic carbocycles. The van der Waals surface area contributed by atoms with Crippen molar-refractivity contribution >= 4 is 17.2 Å². The second-order valence-electron chi connectivity index (χ2n) is 3.50. The highest BCUT2D eigenvalue weighted by Crippen LogP contribution is 2.54. The molecule has 0 aromatic carbocycles. The lowest BCUT2D eigenvalue weighted by Crippen LogP contribution is -2.01. The molecule has 0 radical (unpaired) electrons. The third kappa shape index (κ3) is 1.28. The van der Waals surface area contributed by atoms with Gasteiger partial charge in [-0.1, -0.05) is 11.6 Å². The van der Waals surface area contributed by atoms with Crippen molar-refractivity contribution in [3.05, 3.63) is 23.1 Å². The Kier molecular flexibility index (Phi) is 1.57. The molecule has 1 atom stereocenters. The minimum absolute atomic E-state index is 0.178. The van der Waals surface area contributed by atoms with Crippen molar-refractivity contribution in [2.45, 2.75) is 18.3 Å². The summed E-state index contributed by atoms with van der Waals surface area (Å²) in [6, 6.07) is 3.13. The summed E-state index contributed by atoms with van der Waals surface area (Å²) in [7, 11) is 0. The highest BCUT2D eigenvalue weighted by molar-refractivity contribution is 6.29. The normalized spacial score (nSPS) is 23.3. The third-order valence-corrected chi connectivity index (χ3v) is 2.59. The molecule has 3 rings (SSSR count). The first-order valence-corrected chi connectivity index (χ1v) is 4.71. The largest absolute Gasteiger partial charge is 0.259 e. The first kappa shape index (κ1) is 8.96. The lowest BCUT2D eigenvalue weighted by atomic mass is 10.4. The van der Waals surface area contributed by atoms with Crippen molar-refractivity contribution < 1.29 is 8.78 Å². The Morgan fingerprint density at radius 2 is 2.13 bits per heavy atom. The van der Waals surface area contributed by atoms with Gasteiger partial charge in [0.05, 0.1) is 5.92 Å². The zero-order chi connectivity index (χ0) is 10.6. The van der Waals surface area contributed by atoms with E-state index in [1.807, 2.05) is 0 Å². The van der Waals surface area contributed by atoms with Crippen LogP contribution >= 0.6 is 11.6 Å². The summed E-state index contributed by atoms with van der Waals surface area (Å²) < 4.78 is 27.0. The van der Waals surface area contributed by atoms with Crippen molar-refractivity contribution in [2.75, 3.05) is 0 Å². The van der Waals surface area contributed by atoms with E-state index in [-0.39, 0.29) is 17.4 Å². The molecule has 0 bridgehead atoms. The Morgan fingerprint density at radius 3 is 2.80 bits per heavy atom. The van der Waals surface area contributed by atoms with E-state index >= 15 is 0 Å². The number of fused-ring (bicyclic) bond motifs is 1. The molecular weight excluding hydrogens is 226 g/mol. The summed E-state index contributed by atoms with van der Waals surface area (Å²) in [5.74, 6) is -3.37. The Balaban J connectivity index is 2.16. The quantitative estimate of drug-likeness (QED) is 0.752. The van der Waals surface area contributed by atoms with Crippen molar-refractivity contribution in [2.24, 2.45) is 0 Å². The number of alkyl halides is 2. The van der Waals surface area contributed by atoms with Crippen LogP contribution in [0.4, 0.5) is 8.78 Å². The predicted molar refractivity (Wildman–Crippen MR) is 48.1 cm³/mol. The Labute approximate surface area is 87.9 Å². The van der Waals surface area contributed by atoms with Gasteiger partial charge in [-0.05, 0) is 12.1 Å². The Hall–Kier alpha value is -1.30. The molecule has 2 aromatic rings. The van der Waals surface area contributed by atoms with Crippen LogP contribution in [-0.2, 0) is 0 Å². The fraction of sp³-hybridized carbons (Fsp3) is 0.375. The van der Waals surface area contributed by atoms with Gasteiger partial charge in [-0.25, -0.2) is 8.78 Å². The van der Waals surface area contributed by atoms with E-state index in [0.29, 0.717) is 5.65 Å². The second kappa shape index (κ2) is 2.63. The van der Waals surface area contributed by atoms with Gasteiger partial charge in [-0.15, -0.1) is 10.2 Å². The van der Waals surface area contributed by atoms with E-state index in [1.54, 1.807) is 12.1 Å². The molecule has 0 N–H and O–H groups in total. The zero-order valence-corrected chi connectivity index (χ0v) is 8.12. The second-order valence-corrected chi connectivity index (χ2v) is 3.89. The molecule has 15 heavy (non-hydrogen) atoms.